The number of aliphatic hydroxyl groups is 1. The van der Waals surface area contributed by atoms with Gasteiger partial charge < -0.3 is 33.8 Å². The summed E-state index contributed by atoms with van der Waals surface area (Å²) >= 11 is 0. The van der Waals surface area contributed by atoms with E-state index >= 15 is 0 Å². The second-order valence-electron chi connectivity index (χ2n) is 24.8. The molecule has 0 aliphatic carbocycles. The van der Waals surface area contributed by atoms with Crippen molar-refractivity contribution in [2.45, 2.75) is 303 Å². The number of hydrogen-bond acceptors (Lipinski definition) is 15. The van der Waals surface area contributed by atoms with Crippen molar-refractivity contribution in [1.29, 1.82) is 0 Å². The van der Waals surface area contributed by atoms with Gasteiger partial charge in [-0.1, -0.05) is 263 Å². The Labute approximate surface area is 605 Å². The number of phosphoric ester groups is 2. The van der Waals surface area contributed by atoms with Gasteiger partial charge in [0.1, 0.15) is 19.3 Å². The number of carbonyl (C=O) groups is 4. The molecule has 0 aliphatic rings. The zero-order chi connectivity index (χ0) is 73.2. The van der Waals surface area contributed by atoms with Crippen LogP contribution in [0.2, 0.25) is 0 Å². The lowest BCUT2D eigenvalue weighted by atomic mass is 10.1. The molecule has 0 heterocycles. The van der Waals surface area contributed by atoms with Crippen LogP contribution in [-0.2, 0) is 65.4 Å². The van der Waals surface area contributed by atoms with Crippen LogP contribution in [0.5, 0.6) is 0 Å². The smallest absolute Gasteiger partial charge is 0.462 e. The van der Waals surface area contributed by atoms with E-state index in [1.165, 1.54) is 25.7 Å². The maximum Gasteiger partial charge on any atom is 0.472 e. The number of rotatable bonds is 70. The predicted molar refractivity (Wildman–Crippen MR) is 408 cm³/mol. The molecule has 570 valence electrons. The molecule has 0 saturated carbocycles. The summed E-state index contributed by atoms with van der Waals surface area (Å²) in [4.78, 5) is 72.8. The molecule has 0 amide bonds. The third kappa shape index (κ3) is 71.3. The Morgan fingerprint density at radius 1 is 0.300 bits per heavy atom. The van der Waals surface area contributed by atoms with Crippen LogP contribution in [0.3, 0.4) is 0 Å². The highest BCUT2D eigenvalue weighted by molar-refractivity contribution is 7.47. The second-order valence-corrected chi connectivity index (χ2v) is 27.7. The number of allylic oxidation sites excluding steroid dienone is 23. The maximum absolute atomic E-state index is 13.1. The van der Waals surface area contributed by atoms with Gasteiger partial charge in [0.05, 0.1) is 32.8 Å². The Morgan fingerprint density at radius 3 is 0.930 bits per heavy atom. The van der Waals surface area contributed by atoms with E-state index in [1.54, 1.807) is 6.08 Å². The number of aliphatic hydroxyl groups excluding tert-OH is 1. The molecule has 0 spiro atoms. The summed E-state index contributed by atoms with van der Waals surface area (Å²) in [5, 5.41) is 10.6. The van der Waals surface area contributed by atoms with Crippen molar-refractivity contribution >= 4 is 39.5 Å². The van der Waals surface area contributed by atoms with Crippen molar-refractivity contribution in [3.05, 3.63) is 146 Å². The van der Waals surface area contributed by atoms with Gasteiger partial charge in [-0.05, 0) is 141 Å². The monoisotopic (exact) mass is 1440 g/mol. The highest BCUT2D eigenvalue weighted by atomic mass is 31.2. The molecule has 0 aromatic carbocycles. The summed E-state index contributed by atoms with van der Waals surface area (Å²) in [6, 6.07) is 0. The van der Waals surface area contributed by atoms with Gasteiger partial charge in [-0.15, -0.1) is 0 Å². The molecule has 0 aromatic heterocycles. The molecule has 0 saturated heterocycles. The van der Waals surface area contributed by atoms with Gasteiger partial charge in [0, 0.05) is 19.3 Å². The molecular weight excluding hydrogens is 1310 g/mol. The van der Waals surface area contributed by atoms with E-state index in [2.05, 4.69) is 149 Å². The molecular formula is C81H134O17P2. The molecule has 5 unspecified atom stereocenters. The Morgan fingerprint density at radius 2 is 0.570 bits per heavy atom. The van der Waals surface area contributed by atoms with Gasteiger partial charge in [0.25, 0.3) is 0 Å². The molecule has 0 rings (SSSR count). The van der Waals surface area contributed by atoms with E-state index in [4.69, 9.17) is 37.0 Å². The zero-order valence-corrected chi connectivity index (χ0v) is 63.9. The first kappa shape index (κ1) is 94.9. The minimum Gasteiger partial charge on any atom is -0.462 e. The van der Waals surface area contributed by atoms with Crippen molar-refractivity contribution in [2.24, 2.45) is 0 Å². The van der Waals surface area contributed by atoms with E-state index in [0.717, 1.165) is 180 Å². The zero-order valence-electron chi connectivity index (χ0n) is 62.1. The molecule has 3 N–H and O–H groups in total. The fourth-order valence-electron chi connectivity index (χ4n) is 9.53. The third-order valence-electron chi connectivity index (χ3n) is 15.3. The normalized spacial score (nSPS) is 14.8. The van der Waals surface area contributed by atoms with Gasteiger partial charge in [-0.3, -0.25) is 37.3 Å². The average Bonchev–Trinajstić information content (AvgIpc) is 0.945. The first-order chi connectivity index (χ1) is 48.7. The number of hydrogen-bond donors (Lipinski definition) is 3. The highest BCUT2D eigenvalue weighted by Crippen LogP contribution is 2.45. The van der Waals surface area contributed by atoms with Gasteiger partial charge in [-0.2, -0.15) is 0 Å². The number of phosphoric acid groups is 2. The van der Waals surface area contributed by atoms with E-state index in [0.29, 0.717) is 25.7 Å². The van der Waals surface area contributed by atoms with Crippen molar-refractivity contribution in [2.75, 3.05) is 39.6 Å². The lowest BCUT2D eigenvalue weighted by Gasteiger charge is -2.21. The maximum atomic E-state index is 13.1. The summed E-state index contributed by atoms with van der Waals surface area (Å²) < 4.78 is 68.3. The summed E-state index contributed by atoms with van der Waals surface area (Å²) in [6.45, 7) is 4.41. The van der Waals surface area contributed by atoms with Gasteiger partial charge in [0.2, 0.25) is 0 Å². The van der Waals surface area contributed by atoms with Gasteiger partial charge in [-0.25, -0.2) is 9.13 Å². The Balaban J connectivity index is 5.42. The van der Waals surface area contributed by atoms with Crippen LogP contribution in [0, 0.1) is 0 Å². The number of carbonyl (C=O) groups excluding carboxylic acids is 4. The van der Waals surface area contributed by atoms with Crippen LogP contribution < -0.4 is 0 Å². The van der Waals surface area contributed by atoms with Crippen molar-refractivity contribution in [3.8, 4) is 0 Å². The van der Waals surface area contributed by atoms with Crippen molar-refractivity contribution < 1.29 is 80.2 Å². The quantitative estimate of drug-likeness (QED) is 0.0169. The summed E-state index contributed by atoms with van der Waals surface area (Å²) in [6.07, 6.45) is 81.6. The third-order valence-corrected chi connectivity index (χ3v) is 17.2. The highest BCUT2D eigenvalue weighted by Gasteiger charge is 2.30. The second kappa shape index (κ2) is 72.3. The van der Waals surface area contributed by atoms with E-state index in [9.17, 15) is 43.2 Å². The van der Waals surface area contributed by atoms with Crippen LogP contribution >= 0.6 is 15.6 Å². The first-order valence-electron chi connectivity index (χ1n) is 38.1. The molecule has 17 nitrogen and oxygen atoms in total. The predicted octanol–water partition coefficient (Wildman–Crippen LogP) is 21.9. The molecule has 0 bridgehead atoms. The number of unbranched alkanes of at least 4 members (excludes halogenated alkanes) is 21. The topological polar surface area (TPSA) is 237 Å². The summed E-state index contributed by atoms with van der Waals surface area (Å²) in [5.74, 6) is -2.37. The van der Waals surface area contributed by atoms with Gasteiger partial charge >= 0.3 is 39.5 Å². The molecule has 0 aliphatic heterocycles. The lowest BCUT2D eigenvalue weighted by molar-refractivity contribution is -0.161. The summed E-state index contributed by atoms with van der Waals surface area (Å²) in [7, 11) is -9.99. The van der Waals surface area contributed by atoms with Crippen LogP contribution in [-0.4, -0.2) is 96.7 Å². The van der Waals surface area contributed by atoms with E-state index in [-0.39, 0.29) is 25.7 Å². The van der Waals surface area contributed by atoms with Crippen molar-refractivity contribution in [1.82, 2.24) is 0 Å². The van der Waals surface area contributed by atoms with Gasteiger partial charge in [0.15, 0.2) is 12.2 Å². The minimum atomic E-state index is -5.00. The van der Waals surface area contributed by atoms with Crippen molar-refractivity contribution in [3.63, 3.8) is 0 Å². The molecule has 0 aromatic rings. The van der Waals surface area contributed by atoms with E-state index < -0.39 is 97.5 Å². The molecule has 19 heteroatoms. The fraction of sp³-hybridized carbons (Fsp3) is 0.654. The molecule has 0 fully saturated rings. The number of esters is 4. The Kier molecular flexibility index (Phi) is 68.6. The van der Waals surface area contributed by atoms with Crippen LogP contribution in [0.25, 0.3) is 0 Å². The van der Waals surface area contributed by atoms with Crippen LogP contribution in [0.4, 0.5) is 0 Å². The molecule has 0 radical (unpaired) electrons. The minimum absolute atomic E-state index is 0.0609. The Hall–Kier alpha value is -5.06. The fourth-order valence-corrected chi connectivity index (χ4v) is 11.1. The number of ether oxygens (including phenoxy) is 4. The standard InChI is InChI=1S/C81H134O17P2/c1-5-9-13-17-21-25-29-32-35-36-37-38-41-43-47-50-54-58-62-66-79(84)92-72-77(98-81(86)68-64-60-56-52-48-44-40-34-31-27-23-19-15-11-7-3)74-96-100(89,90)94-70-75(82)69-93-99(87,88)95-73-76(97-80(85)67-63-59-55-51-45-28-24-20-16-12-8-4)71-91-78(83)65-61-57-53-49-46-42-39-33-30-26-22-18-14-10-6-2/h9-10,13-14,20-27,32-35,37-40,46,49,57,61,75-77,82H,5-8,11-12,15-19,28-31,36,41-45,47-48,50-56,58-60,62-74H2,1-4H3,(H,87,88)(H,89,90)/b13-9-,14-10-,24-20-,25-21-,26-22-,27-23-,35-32-,38-37-,39-33-,40-34-,49-46-,61-57-. The summed E-state index contributed by atoms with van der Waals surface area (Å²) in [5.41, 5.74) is 0. The van der Waals surface area contributed by atoms with Crippen LogP contribution in [0.1, 0.15) is 285 Å². The average molecular weight is 1440 g/mol. The molecule has 100 heavy (non-hydrogen) atoms. The van der Waals surface area contributed by atoms with Crippen LogP contribution in [0.15, 0.2) is 146 Å². The van der Waals surface area contributed by atoms with E-state index in [1.807, 2.05) is 18.2 Å². The first-order valence-corrected chi connectivity index (χ1v) is 41.1. The molecule has 5 atom stereocenters. The Bertz CT molecular complexity index is 2470. The largest absolute Gasteiger partial charge is 0.472 e. The SMILES string of the molecule is CC/C=C\C/C=C\C/C=C\C/C=C\C/C=C\CC(=O)OCC(COP(=O)(O)OCC(O)COP(=O)(O)OCC(COC(=O)CCCCCCCC/C=C\C/C=C\C/C=C\C/C=C\CC)OC(=O)CCCCCCC/C=C\C/C=C\CCCCC)OC(=O)CCCCCCC/C=C\CCCC. The lowest BCUT2D eigenvalue weighted by Crippen LogP contribution is -2.30.